The van der Waals surface area contributed by atoms with Gasteiger partial charge in [-0.05, 0) is 36.9 Å². The molecule has 2 rings (SSSR count). The molecule has 146 valence electrons. The Hall–Kier alpha value is -2.23. The topological polar surface area (TPSA) is 113 Å². The first-order valence-electron chi connectivity index (χ1n) is 8.30. The molecule has 0 aliphatic carbocycles. The van der Waals surface area contributed by atoms with Crippen molar-refractivity contribution in [3.8, 4) is 0 Å². The van der Waals surface area contributed by atoms with Crippen LogP contribution in [0, 0.1) is 13.8 Å². The molecule has 0 aliphatic rings. The van der Waals surface area contributed by atoms with Crippen LogP contribution in [-0.2, 0) is 19.6 Å². The van der Waals surface area contributed by atoms with E-state index >= 15 is 0 Å². The van der Waals surface area contributed by atoms with Gasteiger partial charge in [0.2, 0.25) is 15.9 Å². The van der Waals surface area contributed by atoms with Gasteiger partial charge in [0.15, 0.2) is 0 Å². The van der Waals surface area contributed by atoms with Crippen molar-refractivity contribution in [3.05, 3.63) is 51.7 Å². The highest BCUT2D eigenvalue weighted by molar-refractivity contribution is 7.89. The quantitative estimate of drug-likeness (QED) is 0.587. The Morgan fingerprint density at radius 1 is 1.22 bits per heavy atom. The lowest BCUT2D eigenvalue weighted by molar-refractivity contribution is -0.137. The lowest BCUT2D eigenvalue weighted by Gasteiger charge is -2.16. The molecule has 0 saturated heterocycles. The Labute approximate surface area is 162 Å². The predicted molar refractivity (Wildman–Crippen MR) is 103 cm³/mol. The molecule has 1 aromatic heterocycles. The van der Waals surface area contributed by atoms with E-state index in [9.17, 15) is 18.0 Å². The van der Waals surface area contributed by atoms with Gasteiger partial charge in [-0.2, -0.15) is 0 Å². The van der Waals surface area contributed by atoms with Crippen molar-refractivity contribution in [3.63, 3.8) is 0 Å². The monoisotopic (exact) mass is 410 g/mol. The molecular formula is C18H22N2O5S2. The Morgan fingerprint density at radius 3 is 2.56 bits per heavy atom. The van der Waals surface area contributed by atoms with Crippen molar-refractivity contribution >= 4 is 33.2 Å². The van der Waals surface area contributed by atoms with Crippen LogP contribution in [0.25, 0.3) is 0 Å². The number of hydrogen-bond donors (Lipinski definition) is 3. The normalized spacial score (nSPS) is 12.5. The Bertz CT molecular complexity index is 908. The van der Waals surface area contributed by atoms with Crippen LogP contribution in [0.4, 0.5) is 0 Å². The number of aryl methyl sites for hydroxylation is 2. The first-order valence-corrected chi connectivity index (χ1v) is 10.7. The van der Waals surface area contributed by atoms with Crippen molar-refractivity contribution in [2.75, 3.05) is 6.54 Å². The second kappa shape index (κ2) is 9.12. The number of amides is 1. The molecule has 3 N–H and O–H groups in total. The van der Waals surface area contributed by atoms with Gasteiger partial charge in [-0.15, -0.1) is 11.3 Å². The number of nitrogens with one attached hydrogen (secondary N) is 2. The molecule has 0 aliphatic heterocycles. The van der Waals surface area contributed by atoms with Crippen LogP contribution in [0.15, 0.2) is 40.6 Å². The number of thiophene rings is 1. The van der Waals surface area contributed by atoms with Gasteiger partial charge >= 0.3 is 5.97 Å². The molecule has 0 fully saturated rings. The summed E-state index contributed by atoms with van der Waals surface area (Å²) in [4.78, 5) is 24.1. The van der Waals surface area contributed by atoms with E-state index in [4.69, 9.17) is 5.11 Å². The smallest absolute Gasteiger partial charge is 0.305 e. The SMILES string of the molecule is Cc1ccc(S(=O)(=O)NCCC(=O)N[C@@H](CC(=O)O)c2cccs2)c(C)c1. The summed E-state index contributed by atoms with van der Waals surface area (Å²) < 4.78 is 27.2. The van der Waals surface area contributed by atoms with E-state index < -0.39 is 27.9 Å². The van der Waals surface area contributed by atoms with Crippen molar-refractivity contribution in [2.24, 2.45) is 0 Å². The lowest BCUT2D eigenvalue weighted by atomic mass is 10.1. The third kappa shape index (κ3) is 6.16. The van der Waals surface area contributed by atoms with Crippen LogP contribution in [0.2, 0.25) is 0 Å². The van der Waals surface area contributed by atoms with Gasteiger partial charge in [-0.1, -0.05) is 23.8 Å². The summed E-state index contributed by atoms with van der Waals surface area (Å²) in [5.74, 6) is -1.44. The summed E-state index contributed by atoms with van der Waals surface area (Å²) >= 11 is 1.35. The van der Waals surface area contributed by atoms with Crippen molar-refractivity contribution < 1.29 is 23.1 Å². The first-order chi connectivity index (χ1) is 12.7. The Kier molecular flexibility index (Phi) is 7.11. The fraction of sp³-hybridized carbons (Fsp3) is 0.333. The number of sulfonamides is 1. The zero-order valence-corrected chi connectivity index (χ0v) is 16.7. The van der Waals surface area contributed by atoms with E-state index in [1.807, 2.05) is 6.92 Å². The molecule has 1 heterocycles. The summed E-state index contributed by atoms with van der Waals surface area (Å²) in [6.07, 6.45) is -0.327. The second-order valence-electron chi connectivity index (χ2n) is 6.15. The molecule has 0 saturated carbocycles. The maximum absolute atomic E-state index is 12.4. The molecule has 0 bridgehead atoms. The van der Waals surface area contributed by atoms with Crippen molar-refractivity contribution in [2.45, 2.75) is 37.6 Å². The van der Waals surface area contributed by atoms with E-state index in [1.54, 1.807) is 36.6 Å². The Balaban J connectivity index is 1.93. The summed E-state index contributed by atoms with van der Waals surface area (Å²) in [7, 11) is -3.72. The zero-order valence-electron chi connectivity index (χ0n) is 15.1. The minimum Gasteiger partial charge on any atom is -0.481 e. The average molecular weight is 411 g/mol. The minimum absolute atomic E-state index is 0.0777. The number of carbonyl (C=O) groups excluding carboxylic acids is 1. The van der Waals surface area contributed by atoms with Crippen LogP contribution in [0.3, 0.4) is 0 Å². The van der Waals surface area contributed by atoms with Gasteiger partial charge in [0.1, 0.15) is 0 Å². The number of carbonyl (C=O) groups is 2. The molecule has 1 amide bonds. The van der Waals surface area contributed by atoms with Gasteiger partial charge in [0.05, 0.1) is 17.4 Å². The van der Waals surface area contributed by atoms with Gasteiger partial charge < -0.3 is 10.4 Å². The van der Waals surface area contributed by atoms with Crippen LogP contribution in [0.1, 0.15) is 34.9 Å². The summed E-state index contributed by atoms with van der Waals surface area (Å²) in [5, 5.41) is 13.5. The molecule has 0 unspecified atom stereocenters. The van der Waals surface area contributed by atoms with Gasteiger partial charge in [-0.3, -0.25) is 9.59 Å². The van der Waals surface area contributed by atoms with Gasteiger partial charge in [0.25, 0.3) is 0 Å². The molecular weight excluding hydrogens is 388 g/mol. The number of benzene rings is 1. The molecule has 9 heteroatoms. The zero-order chi connectivity index (χ0) is 20.0. The van der Waals surface area contributed by atoms with Crippen LogP contribution >= 0.6 is 11.3 Å². The van der Waals surface area contributed by atoms with E-state index in [2.05, 4.69) is 10.0 Å². The first kappa shape index (κ1) is 21.1. The standard InChI is InChI=1S/C18H22N2O5S2/c1-12-5-6-16(13(2)10-12)27(24,25)19-8-7-17(21)20-14(11-18(22)23)15-4-3-9-26-15/h3-6,9-10,14,19H,7-8,11H2,1-2H3,(H,20,21)(H,22,23)/t14-/m0/s1. The molecule has 1 aromatic carbocycles. The molecule has 2 aromatic rings. The van der Waals surface area contributed by atoms with E-state index in [0.29, 0.717) is 5.56 Å². The minimum atomic E-state index is -3.72. The van der Waals surface area contributed by atoms with E-state index in [-0.39, 0.29) is 24.3 Å². The molecule has 27 heavy (non-hydrogen) atoms. The predicted octanol–water partition coefficient (Wildman–Crippen LogP) is 2.37. The van der Waals surface area contributed by atoms with Crippen LogP contribution in [0.5, 0.6) is 0 Å². The number of aliphatic carboxylic acids is 1. The van der Waals surface area contributed by atoms with Gasteiger partial charge in [-0.25, -0.2) is 13.1 Å². The Morgan fingerprint density at radius 2 is 1.96 bits per heavy atom. The second-order valence-corrected chi connectivity index (χ2v) is 8.86. The highest BCUT2D eigenvalue weighted by Gasteiger charge is 2.20. The number of carboxylic acids is 1. The lowest BCUT2D eigenvalue weighted by Crippen LogP contribution is -2.33. The molecule has 1 atom stereocenters. The third-order valence-electron chi connectivity index (χ3n) is 3.86. The number of hydrogen-bond acceptors (Lipinski definition) is 5. The largest absolute Gasteiger partial charge is 0.481 e. The fourth-order valence-electron chi connectivity index (χ4n) is 2.63. The molecule has 0 radical (unpaired) electrons. The summed E-state index contributed by atoms with van der Waals surface area (Å²) in [6, 6.07) is 7.92. The number of carboxylic acid groups (broad SMARTS) is 1. The van der Waals surface area contributed by atoms with E-state index in [1.165, 1.54) is 17.4 Å². The highest BCUT2D eigenvalue weighted by atomic mass is 32.2. The number of rotatable bonds is 9. The van der Waals surface area contributed by atoms with Crippen LogP contribution < -0.4 is 10.0 Å². The summed E-state index contributed by atoms with van der Waals surface area (Å²) in [6.45, 7) is 3.51. The van der Waals surface area contributed by atoms with Crippen LogP contribution in [-0.4, -0.2) is 31.9 Å². The molecule has 7 nitrogen and oxygen atoms in total. The van der Waals surface area contributed by atoms with E-state index in [0.717, 1.165) is 10.4 Å². The maximum atomic E-state index is 12.4. The fourth-order valence-corrected chi connectivity index (χ4v) is 4.67. The average Bonchev–Trinajstić information content (AvgIpc) is 3.07. The highest BCUT2D eigenvalue weighted by Crippen LogP contribution is 2.22. The van der Waals surface area contributed by atoms with Gasteiger partial charge in [0, 0.05) is 17.8 Å². The van der Waals surface area contributed by atoms with Crippen molar-refractivity contribution in [1.82, 2.24) is 10.0 Å². The third-order valence-corrected chi connectivity index (χ3v) is 6.47. The summed E-state index contributed by atoms with van der Waals surface area (Å²) in [5.41, 5.74) is 1.59. The molecule has 0 spiro atoms. The maximum Gasteiger partial charge on any atom is 0.305 e. The van der Waals surface area contributed by atoms with Crippen molar-refractivity contribution in [1.29, 1.82) is 0 Å².